The Morgan fingerprint density at radius 3 is 2.79 bits per heavy atom. The van der Waals surface area contributed by atoms with Crippen molar-refractivity contribution in [1.82, 2.24) is 20.5 Å². The van der Waals surface area contributed by atoms with E-state index in [1.165, 1.54) is 22.0 Å². The molecule has 0 saturated carbocycles. The number of carbonyl (C=O) groups excluding carboxylic acids is 1. The summed E-state index contributed by atoms with van der Waals surface area (Å²) < 4.78 is 0. The number of aromatic amines is 2. The molecule has 0 spiro atoms. The van der Waals surface area contributed by atoms with Crippen molar-refractivity contribution in [2.75, 3.05) is 6.54 Å². The summed E-state index contributed by atoms with van der Waals surface area (Å²) in [6.45, 7) is 6.66. The highest BCUT2D eigenvalue weighted by Gasteiger charge is 2.11. The number of fused-ring (bicyclic) bond motifs is 1. The first-order valence-corrected chi connectivity index (χ1v) is 8.45. The molecule has 2 heterocycles. The van der Waals surface area contributed by atoms with E-state index in [4.69, 9.17) is 0 Å². The second-order valence-electron chi connectivity index (χ2n) is 6.20. The van der Waals surface area contributed by atoms with Gasteiger partial charge in [0.1, 0.15) is 0 Å². The van der Waals surface area contributed by atoms with Crippen molar-refractivity contribution >= 4 is 16.8 Å². The first kappa shape index (κ1) is 16.3. The highest BCUT2D eigenvalue weighted by molar-refractivity contribution is 5.86. The summed E-state index contributed by atoms with van der Waals surface area (Å²) in [7, 11) is 0. The third kappa shape index (κ3) is 3.20. The number of carbonyl (C=O) groups is 1. The van der Waals surface area contributed by atoms with E-state index in [0.717, 1.165) is 29.8 Å². The molecule has 5 nitrogen and oxygen atoms in total. The summed E-state index contributed by atoms with van der Waals surface area (Å²) in [6.07, 6.45) is 4.27. The Bertz CT molecular complexity index is 840. The van der Waals surface area contributed by atoms with Crippen molar-refractivity contribution in [3.63, 3.8) is 0 Å². The Balaban J connectivity index is 1.60. The van der Waals surface area contributed by atoms with Gasteiger partial charge in [0.2, 0.25) is 5.91 Å². The topological polar surface area (TPSA) is 73.6 Å². The quantitative estimate of drug-likeness (QED) is 0.652. The number of aryl methyl sites for hydroxylation is 3. The Morgan fingerprint density at radius 2 is 2.08 bits per heavy atom. The summed E-state index contributed by atoms with van der Waals surface area (Å²) in [5.74, 6) is 0.0386. The van der Waals surface area contributed by atoms with Crippen LogP contribution in [0.15, 0.2) is 24.4 Å². The minimum atomic E-state index is 0.0386. The summed E-state index contributed by atoms with van der Waals surface area (Å²) in [4.78, 5) is 15.5. The lowest BCUT2D eigenvalue weighted by molar-refractivity contribution is -0.120. The summed E-state index contributed by atoms with van der Waals surface area (Å²) in [5, 5.41) is 11.3. The number of benzene rings is 1. The van der Waals surface area contributed by atoms with Crippen LogP contribution in [0.1, 0.15) is 35.0 Å². The van der Waals surface area contributed by atoms with Gasteiger partial charge in [-0.05, 0) is 37.8 Å². The molecule has 24 heavy (non-hydrogen) atoms. The number of H-pyrrole nitrogens is 2. The van der Waals surface area contributed by atoms with Crippen LogP contribution < -0.4 is 5.32 Å². The van der Waals surface area contributed by atoms with E-state index >= 15 is 0 Å². The molecule has 1 amide bonds. The minimum absolute atomic E-state index is 0.0386. The molecule has 0 unspecified atom stereocenters. The van der Waals surface area contributed by atoms with Crippen molar-refractivity contribution in [2.45, 2.75) is 40.0 Å². The van der Waals surface area contributed by atoms with Crippen LogP contribution in [0.4, 0.5) is 0 Å². The third-order valence-corrected chi connectivity index (χ3v) is 4.60. The first-order chi connectivity index (χ1) is 11.6. The molecule has 0 aliphatic rings. The largest absolute Gasteiger partial charge is 0.361 e. The Labute approximate surface area is 141 Å². The molecule has 0 atom stereocenters. The monoisotopic (exact) mass is 324 g/mol. The molecule has 0 saturated heterocycles. The zero-order valence-electron chi connectivity index (χ0n) is 14.5. The van der Waals surface area contributed by atoms with Crippen molar-refractivity contribution in [3.05, 3.63) is 52.5 Å². The van der Waals surface area contributed by atoms with Crippen molar-refractivity contribution < 1.29 is 4.79 Å². The maximum Gasteiger partial charge on any atom is 0.224 e. The number of rotatable bonds is 6. The van der Waals surface area contributed by atoms with E-state index in [2.05, 4.69) is 51.8 Å². The van der Waals surface area contributed by atoms with Gasteiger partial charge in [0, 0.05) is 34.9 Å². The molecule has 2 aromatic heterocycles. The zero-order chi connectivity index (χ0) is 17.1. The molecule has 3 aromatic rings. The number of para-hydroxylation sites is 1. The Morgan fingerprint density at radius 1 is 1.25 bits per heavy atom. The highest BCUT2D eigenvalue weighted by atomic mass is 16.1. The van der Waals surface area contributed by atoms with Gasteiger partial charge in [-0.1, -0.05) is 25.1 Å². The van der Waals surface area contributed by atoms with Crippen LogP contribution >= 0.6 is 0 Å². The number of aromatic nitrogens is 3. The van der Waals surface area contributed by atoms with E-state index in [0.29, 0.717) is 13.0 Å². The number of hydrogen-bond donors (Lipinski definition) is 3. The van der Waals surface area contributed by atoms with Gasteiger partial charge < -0.3 is 10.3 Å². The minimum Gasteiger partial charge on any atom is -0.361 e. The molecule has 0 fully saturated rings. The lowest BCUT2D eigenvalue weighted by Gasteiger charge is -2.06. The van der Waals surface area contributed by atoms with Crippen molar-refractivity contribution in [3.8, 4) is 0 Å². The van der Waals surface area contributed by atoms with E-state index in [1.54, 1.807) is 0 Å². The van der Waals surface area contributed by atoms with Crippen molar-refractivity contribution in [1.29, 1.82) is 0 Å². The second-order valence-corrected chi connectivity index (χ2v) is 6.20. The van der Waals surface area contributed by atoms with Crippen LogP contribution in [0.2, 0.25) is 0 Å². The fraction of sp³-hybridized carbons (Fsp3) is 0.368. The lowest BCUT2D eigenvalue weighted by atomic mass is 10.1. The van der Waals surface area contributed by atoms with Gasteiger partial charge >= 0.3 is 0 Å². The lowest BCUT2D eigenvalue weighted by Crippen LogP contribution is -2.27. The molecular formula is C19H24N4O. The maximum absolute atomic E-state index is 12.1. The van der Waals surface area contributed by atoms with Crippen LogP contribution in [0.5, 0.6) is 0 Å². The zero-order valence-corrected chi connectivity index (χ0v) is 14.5. The van der Waals surface area contributed by atoms with Gasteiger partial charge in [-0.25, -0.2) is 0 Å². The number of hydrogen-bond acceptors (Lipinski definition) is 2. The maximum atomic E-state index is 12.1. The molecule has 126 valence electrons. The van der Waals surface area contributed by atoms with Gasteiger partial charge in [-0.2, -0.15) is 5.10 Å². The standard InChI is InChI=1S/C19H24N4O/c1-4-14-6-5-7-16-15(11-21-19(14)16)8-9-20-18(24)10-17-12(2)22-23-13(17)3/h5-7,11,21H,4,8-10H2,1-3H3,(H,20,24)(H,22,23). The van der Waals surface area contributed by atoms with Gasteiger partial charge in [0.05, 0.1) is 12.1 Å². The summed E-state index contributed by atoms with van der Waals surface area (Å²) in [5.41, 5.74) is 6.64. The van der Waals surface area contributed by atoms with Gasteiger partial charge in [-0.15, -0.1) is 0 Å². The fourth-order valence-corrected chi connectivity index (χ4v) is 3.17. The normalized spacial score (nSPS) is 11.1. The van der Waals surface area contributed by atoms with Crippen molar-refractivity contribution in [2.24, 2.45) is 0 Å². The van der Waals surface area contributed by atoms with Gasteiger partial charge in [-0.3, -0.25) is 9.89 Å². The average Bonchev–Trinajstić information content (AvgIpc) is 3.13. The second kappa shape index (κ2) is 6.91. The molecule has 0 bridgehead atoms. The first-order valence-electron chi connectivity index (χ1n) is 8.45. The number of amides is 1. The van der Waals surface area contributed by atoms with E-state index < -0.39 is 0 Å². The summed E-state index contributed by atoms with van der Waals surface area (Å²) >= 11 is 0. The number of nitrogens with zero attached hydrogens (tertiary/aromatic N) is 1. The van der Waals surface area contributed by atoms with Gasteiger partial charge in [0.15, 0.2) is 0 Å². The highest BCUT2D eigenvalue weighted by Crippen LogP contribution is 2.22. The fourth-order valence-electron chi connectivity index (χ4n) is 3.17. The van der Waals surface area contributed by atoms with Crippen LogP contribution in [0.3, 0.4) is 0 Å². The molecule has 3 rings (SSSR count). The smallest absolute Gasteiger partial charge is 0.224 e. The Kier molecular flexibility index (Phi) is 4.69. The third-order valence-electron chi connectivity index (χ3n) is 4.60. The molecule has 0 aliphatic carbocycles. The predicted molar refractivity (Wildman–Crippen MR) is 96.2 cm³/mol. The molecule has 1 aromatic carbocycles. The average molecular weight is 324 g/mol. The van der Waals surface area contributed by atoms with Crippen LogP contribution in [-0.4, -0.2) is 27.6 Å². The molecule has 5 heteroatoms. The van der Waals surface area contributed by atoms with Crippen LogP contribution in [0.25, 0.3) is 10.9 Å². The van der Waals surface area contributed by atoms with E-state index in [9.17, 15) is 4.79 Å². The van der Waals surface area contributed by atoms with E-state index in [-0.39, 0.29) is 5.91 Å². The number of nitrogens with one attached hydrogen (secondary N) is 3. The molecule has 0 radical (unpaired) electrons. The molecule has 3 N–H and O–H groups in total. The predicted octanol–water partition coefficient (Wildman–Crippen LogP) is 2.97. The van der Waals surface area contributed by atoms with Crippen LogP contribution in [0, 0.1) is 13.8 Å². The van der Waals surface area contributed by atoms with Gasteiger partial charge in [0.25, 0.3) is 0 Å². The molecular weight excluding hydrogens is 300 g/mol. The van der Waals surface area contributed by atoms with Crippen LogP contribution in [-0.2, 0) is 24.1 Å². The summed E-state index contributed by atoms with van der Waals surface area (Å²) in [6, 6.07) is 6.39. The molecule has 0 aliphatic heterocycles. The Hall–Kier alpha value is -2.56. The van der Waals surface area contributed by atoms with E-state index in [1.807, 2.05) is 13.8 Å². The SMILES string of the molecule is CCc1cccc2c(CCNC(=O)Cc3c(C)n[nH]c3C)c[nH]c12.